The number of carbonyl (C=O) groups is 5. The van der Waals surface area contributed by atoms with Crippen LogP contribution in [0.1, 0.15) is 51.8 Å². The maximum Gasteiger partial charge on any atom is 0.339 e. The van der Waals surface area contributed by atoms with Crippen LogP contribution < -0.4 is 0 Å². The molecular weight excluding hydrogens is 724 g/mol. The maximum absolute atomic E-state index is 10.3. The van der Waals surface area contributed by atoms with Crippen LogP contribution in [0.15, 0.2) is 97.1 Å². The van der Waals surface area contributed by atoms with Gasteiger partial charge in [-0.05, 0) is 78.9 Å². The maximum atomic E-state index is 10.3. The summed E-state index contributed by atoms with van der Waals surface area (Å²) in [6.07, 6.45) is 0. The third-order valence-electron chi connectivity index (χ3n) is 6.03. The molecule has 0 saturated heterocycles. The molecule has 19 nitrogen and oxygen atoms in total. The first-order chi connectivity index (χ1) is 25.2. The Bertz CT molecular complexity index is 2080. The summed E-state index contributed by atoms with van der Waals surface area (Å²) in [7, 11) is 0. The van der Waals surface area contributed by atoms with Crippen molar-refractivity contribution < 1.29 is 95.5 Å². The minimum Gasteiger partial charge on any atom is -0.508 e. The number of phenolic OH excluding ortho intramolecular Hbond substituents is 7. The van der Waals surface area contributed by atoms with Gasteiger partial charge in [-0.25, -0.2) is 24.0 Å². The van der Waals surface area contributed by atoms with E-state index in [2.05, 4.69) is 0 Å². The Morgan fingerprint density at radius 2 is 0.741 bits per heavy atom. The lowest BCUT2D eigenvalue weighted by Gasteiger charge is -2.01. The van der Waals surface area contributed by atoms with Crippen molar-refractivity contribution in [3.05, 3.63) is 125 Å². The summed E-state index contributed by atoms with van der Waals surface area (Å²) in [5.41, 5.74) is -0.534. The van der Waals surface area contributed by atoms with Gasteiger partial charge in [-0.15, -0.1) is 0 Å². The number of rotatable bonds is 5. The molecule has 5 rings (SSSR count). The largest absolute Gasteiger partial charge is 0.508 e. The van der Waals surface area contributed by atoms with Gasteiger partial charge < -0.3 is 71.5 Å². The molecule has 54 heavy (non-hydrogen) atoms. The van der Waals surface area contributed by atoms with Gasteiger partial charge in [-0.3, -0.25) is 0 Å². The molecule has 0 fully saturated rings. The molecule has 5 aromatic carbocycles. The van der Waals surface area contributed by atoms with Gasteiger partial charge in [0.05, 0.1) is 16.7 Å². The Balaban J connectivity index is 0.000000338. The van der Waals surface area contributed by atoms with Crippen molar-refractivity contribution in [2.24, 2.45) is 0 Å². The highest BCUT2D eigenvalue weighted by Crippen LogP contribution is 2.35. The standard InChI is InChI=1S/C7H6O5.2C7H6O4.2C7H6O3/c8-4-1-3(7(11)12)2-5(9)6(4)10;8-5-2-1-4(7(10)11)3-6(5)9;8-5-3-1-2-4(6(5)9)7(10)11;8-6-3-1-5(2-4-6)7(9)10;8-6-4-2-1-3-5(6)7(9)10/h1-2,8-10H,(H,11,12);2*1-3,8-9H,(H,10,11);2*1-4,8H,(H,9,10). The first-order valence-electron chi connectivity index (χ1n) is 14.2. The molecule has 0 radical (unpaired) electrons. The monoisotopic (exact) mass is 754 g/mol. The highest BCUT2D eigenvalue weighted by Gasteiger charge is 2.13. The van der Waals surface area contributed by atoms with Crippen LogP contribution >= 0.6 is 0 Å². The summed E-state index contributed by atoms with van der Waals surface area (Å²) >= 11 is 0. The van der Waals surface area contributed by atoms with E-state index in [1.165, 1.54) is 60.7 Å². The van der Waals surface area contributed by atoms with E-state index in [9.17, 15) is 24.0 Å². The van der Waals surface area contributed by atoms with Crippen LogP contribution in [0.5, 0.6) is 51.7 Å². The Morgan fingerprint density at radius 3 is 1.15 bits per heavy atom. The smallest absolute Gasteiger partial charge is 0.339 e. The predicted octanol–water partition coefficient (Wildman–Crippen LogP) is 4.27. The number of carboxylic acids is 5. The summed E-state index contributed by atoms with van der Waals surface area (Å²) in [6, 6.07) is 19.9. The van der Waals surface area contributed by atoms with Crippen LogP contribution in [0.3, 0.4) is 0 Å². The number of para-hydroxylation sites is 2. The first-order valence-corrected chi connectivity index (χ1v) is 14.2. The number of phenols is 9. The van der Waals surface area contributed by atoms with E-state index in [0.29, 0.717) is 0 Å². The molecular formula is C35H30O19. The van der Waals surface area contributed by atoms with Crippen LogP contribution in [-0.2, 0) is 0 Å². The van der Waals surface area contributed by atoms with E-state index in [1.54, 1.807) is 12.1 Å². The van der Waals surface area contributed by atoms with E-state index in [-0.39, 0.29) is 45.1 Å². The van der Waals surface area contributed by atoms with Crippen LogP contribution in [0.25, 0.3) is 0 Å². The molecule has 0 aliphatic heterocycles. The predicted molar refractivity (Wildman–Crippen MR) is 182 cm³/mol. The van der Waals surface area contributed by atoms with E-state index in [0.717, 1.165) is 24.3 Å². The normalized spacial score (nSPS) is 9.41. The van der Waals surface area contributed by atoms with E-state index in [4.69, 9.17) is 71.5 Å². The molecule has 5 aromatic rings. The Labute approximate surface area is 301 Å². The van der Waals surface area contributed by atoms with Gasteiger partial charge in [0, 0.05) is 0 Å². The van der Waals surface area contributed by atoms with Gasteiger partial charge in [0.15, 0.2) is 40.2 Å². The number of carboxylic acid groups (broad SMARTS) is 5. The molecule has 0 atom stereocenters. The Morgan fingerprint density at radius 1 is 0.315 bits per heavy atom. The quantitative estimate of drug-likeness (QED) is 0.111. The number of hydrogen-bond acceptors (Lipinski definition) is 14. The fraction of sp³-hybridized carbons (Fsp3) is 0. The molecule has 0 amide bonds. The van der Waals surface area contributed by atoms with Crippen LogP contribution in [-0.4, -0.2) is 101 Å². The fourth-order valence-electron chi connectivity index (χ4n) is 3.35. The molecule has 0 saturated carbocycles. The number of hydrogen-bond donors (Lipinski definition) is 14. The topological polar surface area (TPSA) is 369 Å². The second-order valence-electron chi connectivity index (χ2n) is 9.83. The molecule has 19 heteroatoms. The van der Waals surface area contributed by atoms with E-state index >= 15 is 0 Å². The zero-order valence-electron chi connectivity index (χ0n) is 27.0. The highest BCUT2D eigenvalue weighted by atomic mass is 16.4. The molecule has 0 spiro atoms. The molecule has 14 N–H and O–H groups in total. The van der Waals surface area contributed by atoms with Crippen LogP contribution in [0.2, 0.25) is 0 Å². The van der Waals surface area contributed by atoms with E-state index in [1.807, 2.05) is 0 Å². The summed E-state index contributed by atoms with van der Waals surface area (Å²) in [6.45, 7) is 0. The van der Waals surface area contributed by atoms with Crippen molar-refractivity contribution in [3.8, 4) is 51.7 Å². The van der Waals surface area contributed by atoms with Gasteiger partial charge in [-0.2, -0.15) is 0 Å². The zero-order valence-corrected chi connectivity index (χ0v) is 27.0. The summed E-state index contributed by atoms with van der Waals surface area (Å²) in [5.74, 6) is -9.73. The van der Waals surface area contributed by atoms with Crippen LogP contribution in [0.4, 0.5) is 0 Å². The molecule has 0 unspecified atom stereocenters. The van der Waals surface area contributed by atoms with Gasteiger partial charge in [0.1, 0.15) is 22.6 Å². The van der Waals surface area contributed by atoms with Crippen molar-refractivity contribution in [1.82, 2.24) is 0 Å². The summed E-state index contributed by atoms with van der Waals surface area (Å²) in [4.78, 5) is 51.4. The molecule has 0 bridgehead atoms. The molecule has 0 aliphatic carbocycles. The van der Waals surface area contributed by atoms with Crippen molar-refractivity contribution in [2.45, 2.75) is 0 Å². The van der Waals surface area contributed by atoms with Crippen molar-refractivity contribution >= 4 is 29.8 Å². The zero-order chi connectivity index (χ0) is 41.3. The van der Waals surface area contributed by atoms with Crippen molar-refractivity contribution in [1.29, 1.82) is 0 Å². The lowest BCUT2D eigenvalue weighted by Crippen LogP contribution is -1.95. The average molecular weight is 755 g/mol. The third kappa shape index (κ3) is 13.9. The van der Waals surface area contributed by atoms with Gasteiger partial charge in [-0.1, -0.05) is 18.2 Å². The van der Waals surface area contributed by atoms with Crippen molar-refractivity contribution in [3.63, 3.8) is 0 Å². The minimum absolute atomic E-state index is 0.0553. The van der Waals surface area contributed by atoms with Gasteiger partial charge in [0.2, 0.25) is 0 Å². The Kier molecular flexibility index (Phi) is 16.5. The highest BCUT2D eigenvalue weighted by molar-refractivity contribution is 5.92. The summed E-state index contributed by atoms with van der Waals surface area (Å²) in [5, 5.41) is 122. The van der Waals surface area contributed by atoms with Gasteiger partial charge in [0.25, 0.3) is 0 Å². The first kappa shape index (κ1) is 43.7. The molecule has 0 heterocycles. The number of aromatic carboxylic acids is 5. The van der Waals surface area contributed by atoms with Gasteiger partial charge >= 0.3 is 29.8 Å². The van der Waals surface area contributed by atoms with Crippen LogP contribution in [0, 0.1) is 0 Å². The summed E-state index contributed by atoms with van der Waals surface area (Å²) < 4.78 is 0. The lowest BCUT2D eigenvalue weighted by molar-refractivity contribution is 0.0682. The van der Waals surface area contributed by atoms with Crippen molar-refractivity contribution in [2.75, 3.05) is 0 Å². The lowest BCUT2D eigenvalue weighted by atomic mass is 10.2. The minimum atomic E-state index is -1.29. The van der Waals surface area contributed by atoms with E-state index < -0.39 is 64.3 Å². The molecule has 0 aromatic heterocycles. The molecule has 284 valence electrons. The Hall–Kier alpha value is -8.35. The fourth-order valence-corrected chi connectivity index (χ4v) is 3.35. The third-order valence-corrected chi connectivity index (χ3v) is 6.03. The average Bonchev–Trinajstić information content (AvgIpc) is 3.10. The number of benzene rings is 5. The SMILES string of the molecule is O=C(O)c1cc(O)c(O)c(O)c1.O=C(O)c1ccc(O)c(O)c1.O=C(O)c1ccc(O)cc1.O=C(O)c1cccc(O)c1O.O=C(O)c1ccccc1O. The molecule has 0 aliphatic rings. The second-order valence-corrected chi connectivity index (χ2v) is 9.83. The number of aromatic hydroxyl groups is 9. The second kappa shape index (κ2) is 20.4.